The standard InChI is InChI=1S/C19H25N3O2/c1-14-4-7-16(18(12-14)24-3)13-22-19(20)21-11-10-15-5-8-17(23-2)9-6-15/h4-9,12H,10-11,13H2,1-3H3,(H3,20,21,22). The molecule has 0 unspecified atom stereocenters. The maximum Gasteiger partial charge on any atom is 0.188 e. The van der Waals surface area contributed by atoms with Crippen molar-refractivity contribution >= 4 is 5.96 Å². The summed E-state index contributed by atoms with van der Waals surface area (Å²) in [5.74, 6) is 2.13. The van der Waals surface area contributed by atoms with Crippen LogP contribution < -0.4 is 20.5 Å². The quantitative estimate of drug-likeness (QED) is 0.606. The largest absolute Gasteiger partial charge is 0.497 e. The van der Waals surface area contributed by atoms with Crippen molar-refractivity contribution in [2.75, 3.05) is 20.8 Å². The topological polar surface area (TPSA) is 68.9 Å². The second-order valence-corrected chi connectivity index (χ2v) is 5.54. The summed E-state index contributed by atoms with van der Waals surface area (Å²) in [6.45, 7) is 3.25. The third-order valence-corrected chi connectivity index (χ3v) is 3.74. The van der Waals surface area contributed by atoms with E-state index >= 15 is 0 Å². The van der Waals surface area contributed by atoms with Crippen LogP contribution in [0.5, 0.6) is 11.5 Å². The van der Waals surface area contributed by atoms with Crippen LogP contribution in [0.2, 0.25) is 0 Å². The van der Waals surface area contributed by atoms with E-state index in [0.29, 0.717) is 12.5 Å². The van der Waals surface area contributed by atoms with E-state index in [2.05, 4.69) is 10.3 Å². The summed E-state index contributed by atoms with van der Waals surface area (Å²) in [5.41, 5.74) is 9.32. The number of aryl methyl sites for hydroxylation is 1. The van der Waals surface area contributed by atoms with Crippen LogP contribution in [0.4, 0.5) is 0 Å². The fourth-order valence-corrected chi connectivity index (χ4v) is 2.34. The molecule has 24 heavy (non-hydrogen) atoms. The lowest BCUT2D eigenvalue weighted by Crippen LogP contribution is -2.33. The second-order valence-electron chi connectivity index (χ2n) is 5.54. The molecule has 2 aromatic carbocycles. The molecular formula is C19H25N3O2. The molecule has 0 atom stereocenters. The maximum absolute atomic E-state index is 5.93. The fraction of sp³-hybridized carbons (Fsp3) is 0.316. The van der Waals surface area contributed by atoms with Gasteiger partial charge in [0.15, 0.2) is 5.96 Å². The van der Waals surface area contributed by atoms with Gasteiger partial charge in [-0.05, 0) is 42.7 Å². The second kappa shape index (κ2) is 8.82. The number of methoxy groups -OCH3 is 2. The zero-order chi connectivity index (χ0) is 17.4. The average Bonchev–Trinajstić information content (AvgIpc) is 2.61. The van der Waals surface area contributed by atoms with Gasteiger partial charge in [-0.1, -0.05) is 24.3 Å². The van der Waals surface area contributed by atoms with Crippen molar-refractivity contribution in [3.8, 4) is 11.5 Å². The number of nitrogens with zero attached hydrogens (tertiary/aromatic N) is 1. The van der Waals surface area contributed by atoms with Gasteiger partial charge in [0.2, 0.25) is 0 Å². The Labute approximate surface area is 143 Å². The van der Waals surface area contributed by atoms with Crippen LogP contribution in [0.1, 0.15) is 16.7 Å². The molecular weight excluding hydrogens is 302 g/mol. The lowest BCUT2D eigenvalue weighted by atomic mass is 10.1. The van der Waals surface area contributed by atoms with Gasteiger partial charge in [0, 0.05) is 12.1 Å². The van der Waals surface area contributed by atoms with E-state index < -0.39 is 0 Å². The summed E-state index contributed by atoms with van der Waals surface area (Å²) in [4.78, 5) is 4.37. The highest BCUT2D eigenvalue weighted by Crippen LogP contribution is 2.20. The monoisotopic (exact) mass is 327 g/mol. The van der Waals surface area contributed by atoms with Crippen molar-refractivity contribution in [3.05, 3.63) is 59.2 Å². The minimum atomic E-state index is 0.436. The molecule has 0 aliphatic carbocycles. The molecule has 0 spiro atoms. The van der Waals surface area contributed by atoms with Crippen molar-refractivity contribution in [2.45, 2.75) is 19.9 Å². The normalized spacial score (nSPS) is 11.2. The smallest absolute Gasteiger partial charge is 0.188 e. The Morgan fingerprint density at radius 2 is 1.83 bits per heavy atom. The van der Waals surface area contributed by atoms with Crippen molar-refractivity contribution in [3.63, 3.8) is 0 Å². The molecule has 0 amide bonds. The predicted octanol–water partition coefficient (Wildman–Crippen LogP) is 2.66. The lowest BCUT2D eigenvalue weighted by Gasteiger charge is -2.09. The summed E-state index contributed by atoms with van der Waals surface area (Å²) >= 11 is 0. The third-order valence-electron chi connectivity index (χ3n) is 3.74. The Bertz CT molecular complexity index is 682. The number of hydrogen-bond donors (Lipinski definition) is 2. The van der Waals surface area contributed by atoms with Crippen LogP contribution in [-0.2, 0) is 13.0 Å². The van der Waals surface area contributed by atoms with E-state index in [1.165, 1.54) is 5.56 Å². The molecule has 0 heterocycles. The van der Waals surface area contributed by atoms with Crippen LogP contribution in [-0.4, -0.2) is 26.7 Å². The molecule has 5 heteroatoms. The molecule has 0 aliphatic rings. The SMILES string of the molecule is COc1ccc(CCNC(N)=NCc2ccc(C)cc2OC)cc1. The lowest BCUT2D eigenvalue weighted by molar-refractivity contribution is 0.409. The van der Waals surface area contributed by atoms with Crippen LogP contribution in [0, 0.1) is 6.92 Å². The van der Waals surface area contributed by atoms with Gasteiger partial charge < -0.3 is 20.5 Å². The molecule has 0 saturated heterocycles. The van der Waals surface area contributed by atoms with E-state index in [9.17, 15) is 0 Å². The maximum atomic E-state index is 5.93. The van der Waals surface area contributed by atoms with Gasteiger partial charge in [-0.2, -0.15) is 0 Å². The van der Waals surface area contributed by atoms with E-state index in [1.807, 2.05) is 49.4 Å². The number of guanidine groups is 1. The average molecular weight is 327 g/mol. The Hall–Kier alpha value is -2.69. The zero-order valence-electron chi connectivity index (χ0n) is 14.5. The van der Waals surface area contributed by atoms with Gasteiger partial charge in [0.1, 0.15) is 11.5 Å². The van der Waals surface area contributed by atoms with Crippen molar-refractivity contribution in [2.24, 2.45) is 10.7 Å². The van der Waals surface area contributed by atoms with Gasteiger partial charge in [0.05, 0.1) is 20.8 Å². The van der Waals surface area contributed by atoms with Crippen LogP contribution >= 0.6 is 0 Å². The molecule has 3 N–H and O–H groups in total. The molecule has 5 nitrogen and oxygen atoms in total. The summed E-state index contributed by atoms with van der Waals surface area (Å²) in [5, 5.41) is 3.13. The molecule has 2 rings (SSSR count). The van der Waals surface area contributed by atoms with Crippen LogP contribution in [0.15, 0.2) is 47.5 Å². The van der Waals surface area contributed by atoms with Crippen molar-refractivity contribution in [1.82, 2.24) is 5.32 Å². The molecule has 0 saturated carbocycles. The number of benzene rings is 2. The molecule has 0 fully saturated rings. The van der Waals surface area contributed by atoms with E-state index in [1.54, 1.807) is 14.2 Å². The Balaban J connectivity index is 1.83. The molecule has 128 valence electrons. The predicted molar refractivity (Wildman–Crippen MR) is 97.8 cm³/mol. The Morgan fingerprint density at radius 1 is 1.08 bits per heavy atom. The molecule has 0 radical (unpaired) electrons. The highest BCUT2D eigenvalue weighted by atomic mass is 16.5. The van der Waals surface area contributed by atoms with E-state index in [0.717, 1.165) is 35.6 Å². The Morgan fingerprint density at radius 3 is 2.50 bits per heavy atom. The van der Waals surface area contributed by atoms with Gasteiger partial charge in [-0.3, -0.25) is 0 Å². The van der Waals surface area contributed by atoms with Gasteiger partial charge >= 0.3 is 0 Å². The Kier molecular flexibility index (Phi) is 6.49. The molecule has 0 aliphatic heterocycles. The molecule has 0 aromatic heterocycles. The first-order chi connectivity index (χ1) is 11.6. The summed E-state index contributed by atoms with van der Waals surface area (Å²) in [6, 6.07) is 14.1. The van der Waals surface area contributed by atoms with Crippen LogP contribution in [0.3, 0.4) is 0 Å². The minimum absolute atomic E-state index is 0.436. The first kappa shape index (κ1) is 17.7. The first-order valence-corrected chi connectivity index (χ1v) is 7.92. The highest BCUT2D eigenvalue weighted by Gasteiger charge is 2.03. The number of rotatable bonds is 7. The fourth-order valence-electron chi connectivity index (χ4n) is 2.34. The highest BCUT2D eigenvalue weighted by molar-refractivity contribution is 5.77. The van der Waals surface area contributed by atoms with E-state index in [4.69, 9.17) is 15.2 Å². The third kappa shape index (κ3) is 5.19. The van der Waals surface area contributed by atoms with Crippen LogP contribution in [0.25, 0.3) is 0 Å². The minimum Gasteiger partial charge on any atom is -0.497 e. The number of aliphatic imine (C=N–C) groups is 1. The van der Waals surface area contributed by atoms with E-state index in [-0.39, 0.29) is 0 Å². The number of ether oxygens (including phenoxy) is 2. The van der Waals surface area contributed by atoms with Gasteiger partial charge in [0.25, 0.3) is 0 Å². The van der Waals surface area contributed by atoms with Gasteiger partial charge in [-0.25, -0.2) is 4.99 Å². The molecule has 0 bridgehead atoms. The summed E-state index contributed by atoms with van der Waals surface area (Å²) < 4.78 is 10.5. The summed E-state index contributed by atoms with van der Waals surface area (Å²) in [7, 11) is 3.33. The number of nitrogens with one attached hydrogen (secondary N) is 1. The number of nitrogens with two attached hydrogens (primary N) is 1. The number of hydrogen-bond acceptors (Lipinski definition) is 3. The van der Waals surface area contributed by atoms with Crippen molar-refractivity contribution < 1.29 is 9.47 Å². The van der Waals surface area contributed by atoms with Gasteiger partial charge in [-0.15, -0.1) is 0 Å². The summed E-state index contributed by atoms with van der Waals surface area (Å²) in [6.07, 6.45) is 0.869. The first-order valence-electron chi connectivity index (χ1n) is 7.92. The van der Waals surface area contributed by atoms with Crippen molar-refractivity contribution in [1.29, 1.82) is 0 Å². The zero-order valence-corrected chi connectivity index (χ0v) is 14.5. The molecule has 2 aromatic rings.